The molecule has 0 fully saturated rings. The molecule has 0 unspecified atom stereocenters. The number of aromatic amines is 1. The summed E-state index contributed by atoms with van der Waals surface area (Å²) in [6.07, 6.45) is 4.79. The van der Waals surface area contributed by atoms with Gasteiger partial charge in [0, 0.05) is 34.2 Å². The van der Waals surface area contributed by atoms with Gasteiger partial charge in [-0.25, -0.2) is 0 Å². The average molecular weight is 225 g/mol. The molecule has 0 amide bonds. The molecule has 0 saturated heterocycles. The molecule has 0 spiro atoms. The van der Waals surface area contributed by atoms with Crippen LogP contribution >= 0.6 is 0 Å². The lowest BCUT2D eigenvalue weighted by atomic mass is 10.1. The minimum Gasteiger partial charge on any atom is -0.354 e. The van der Waals surface area contributed by atoms with Crippen LogP contribution in [0.25, 0.3) is 21.8 Å². The van der Waals surface area contributed by atoms with Gasteiger partial charge in [-0.2, -0.15) is 0 Å². The zero-order valence-electron chi connectivity index (χ0n) is 9.83. The van der Waals surface area contributed by atoms with Gasteiger partial charge in [0.05, 0.1) is 0 Å². The van der Waals surface area contributed by atoms with Crippen molar-refractivity contribution in [1.82, 2.24) is 15.3 Å². The topological polar surface area (TPSA) is 40.7 Å². The fraction of sp³-hybridized carbons (Fsp3) is 0.214. The molecular weight excluding hydrogens is 210 g/mol. The Bertz CT molecular complexity index is 655. The third-order valence-electron chi connectivity index (χ3n) is 3.13. The van der Waals surface area contributed by atoms with Crippen molar-refractivity contribution >= 4 is 21.8 Å². The third kappa shape index (κ3) is 1.78. The molecule has 17 heavy (non-hydrogen) atoms. The number of rotatable bonds is 3. The Hall–Kier alpha value is -1.87. The van der Waals surface area contributed by atoms with Crippen molar-refractivity contribution in [1.29, 1.82) is 0 Å². The average Bonchev–Trinajstić information content (AvgIpc) is 2.74. The minimum absolute atomic E-state index is 1.01. The van der Waals surface area contributed by atoms with Gasteiger partial charge in [-0.1, -0.05) is 12.1 Å². The minimum atomic E-state index is 1.01. The van der Waals surface area contributed by atoms with Gasteiger partial charge in [-0.15, -0.1) is 0 Å². The summed E-state index contributed by atoms with van der Waals surface area (Å²) in [6.45, 7) is 1.01. The van der Waals surface area contributed by atoms with E-state index in [1.165, 1.54) is 21.9 Å². The van der Waals surface area contributed by atoms with Gasteiger partial charge >= 0.3 is 0 Å². The maximum absolute atomic E-state index is 4.18. The Morgan fingerprint density at radius 3 is 3.00 bits per heavy atom. The van der Waals surface area contributed by atoms with E-state index in [1.54, 1.807) is 0 Å². The molecule has 0 saturated carbocycles. The first-order valence-electron chi connectivity index (χ1n) is 5.87. The van der Waals surface area contributed by atoms with Crippen molar-refractivity contribution in [3.8, 4) is 0 Å². The molecule has 3 aromatic rings. The van der Waals surface area contributed by atoms with Crippen molar-refractivity contribution in [2.75, 3.05) is 13.6 Å². The SMILES string of the molecule is CNCCc1ccc2c(c1)[nH]c1ccncc12. The molecule has 2 aromatic heterocycles. The van der Waals surface area contributed by atoms with Gasteiger partial charge in [0.15, 0.2) is 0 Å². The first-order valence-corrected chi connectivity index (χ1v) is 5.87. The Morgan fingerprint density at radius 1 is 1.18 bits per heavy atom. The fourth-order valence-corrected chi connectivity index (χ4v) is 2.22. The largest absolute Gasteiger partial charge is 0.354 e. The van der Waals surface area contributed by atoms with Crippen LogP contribution in [0.5, 0.6) is 0 Å². The summed E-state index contributed by atoms with van der Waals surface area (Å²) in [4.78, 5) is 7.61. The number of benzene rings is 1. The molecule has 0 bridgehead atoms. The Morgan fingerprint density at radius 2 is 2.12 bits per heavy atom. The van der Waals surface area contributed by atoms with Gasteiger partial charge in [-0.05, 0) is 37.7 Å². The number of nitrogens with zero attached hydrogens (tertiary/aromatic N) is 1. The molecule has 2 N–H and O–H groups in total. The number of likely N-dealkylation sites (N-methyl/N-ethyl adjacent to an activating group) is 1. The monoisotopic (exact) mass is 225 g/mol. The summed E-state index contributed by atoms with van der Waals surface area (Å²) in [7, 11) is 1.98. The second-order valence-electron chi connectivity index (χ2n) is 4.28. The predicted octanol–water partition coefficient (Wildman–Crippen LogP) is 2.48. The van der Waals surface area contributed by atoms with Crippen molar-refractivity contribution < 1.29 is 0 Å². The predicted molar refractivity (Wildman–Crippen MR) is 71.2 cm³/mol. The van der Waals surface area contributed by atoms with Crippen LogP contribution in [-0.2, 0) is 6.42 Å². The first-order chi connectivity index (χ1) is 8.38. The highest BCUT2D eigenvalue weighted by Gasteiger charge is 2.04. The Kier molecular flexibility index (Phi) is 2.53. The number of hydrogen-bond acceptors (Lipinski definition) is 2. The summed E-state index contributed by atoms with van der Waals surface area (Å²) in [6, 6.07) is 8.62. The van der Waals surface area contributed by atoms with E-state index < -0.39 is 0 Å². The first kappa shape index (κ1) is 10.3. The number of aromatic nitrogens is 2. The zero-order chi connectivity index (χ0) is 11.7. The van der Waals surface area contributed by atoms with E-state index in [1.807, 2.05) is 25.5 Å². The lowest BCUT2D eigenvalue weighted by molar-refractivity contribution is 0.792. The molecule has 86 valence electrons. The molecule has 0 aliphatic carbocycles. The second-order valence-corrected chi connectivity index (χ2v) is 4.28. The molecule has 3 heteroatoms. The highest BCUT2D eigenvalue weighted by Crippen LogP contribution is 2.25. The van der Waals surface area contributed by atoms with Crippen molar-refractivity contribution in [2.24, 2.45) is 0 Å². The van der Waals surface area contributed by atoms with Gasteiger partial charge in [0.2, 0.25) is 0 Å². The van der Waals surface area contributed by atoms with Crippen LogP contribution in [0.4, 0.5) is 0 Å². The standard InChI is InChI=1S/C14H15N3/c1-15-6-4-10-2-3-11-12-9-16-7-5-13(12)17-14(11)8-10/h2-3,5,7-9,15,17H,4,6H2,1H3. The molecule has 2 heterocycles. The van der Waals surface area contributed by atoms with Gasteiger partial charge in [0.1, 0.15) is 0 Å². The van der Waals surface area contributed by atoms with E-state index in [0.717, 1.165) is 18.5 Å². The maximum Gasteiger partial charge on any atom is 0.0495 e. The molecule has 0 aliphatic rings. The van der Waals surface area contributed by atoms with E-state index in [9.17, 15) is 0 Å². The lowest BCUT2D eigenvalue weighted by Crippen LogP contribution is -2.10. The molecule has 0 radical (unpaired) electrons. The Labute approximate surface area is 99.9 Å². The van der Waals surface area contributed by atoms with Crippen LogP contribution in [0.2, 0.25) is 0 Å². The van der Waals surface area contributed by atoms with Gasteiger partial charge in [-0.3, -0.25) is 4.98 Å². The summed E-state index contributed by atoms with van der Waals surface area (Å²) >= 11 is 0. The molecule has 0 atom stereocenters. The van der Waals surface area contributed by atoms with E-state index in [0.29, 0.717) is 0 Å². The number of hydrogen-bond donors (Lipinski definition) is 2. The quantitative estimate of drug-likeness (QED) is 0.719. The molecule has 3 rings (SSSR count). The second kappa shape index (κ2) is 4.18. The van der Waals surface area contributed by atoms with Crippen LogP contribution < -0.4 is 5.32 Å². The summed E-state index contributed by atoms with van der Waals surface area (Å²) in [5.74, 6) is 0. The smallest absolute Gasteiger partial charge is 0.0495 e. The molecular formula is C14H15N3. The Balaban J connectivity index is 2.13. The highest BCUT2D eigenvalue weighted by molar-refractivity contribution is 6.06. The van der Waals surface area contributed by atoms with Crippen LogP contribution in [0.1, 0.15) is 5.56 Å². The van der Waals surface area contributed by atoms with Crippen LogP contribution in [0.15, 0.2) is 36.7 Å². The van der Waals surface area contributed by atoms with Crippen LogP contribution in [0, 0.1) is 0 Å². The highest BCUT2D eigenvalue weighted by atomic mass is 14.8. The van der Waals surface area contributed by atoms with E-state index in [-0.39, 0.29) is 0 Å². The summed E-state index contributed by atoms with van der Waals surface area (Å²) < 4.78 is 0. The van der Waals surface area contributed by atoms with Crippen LogP contribution in [-0.4, -0.2) is 23.6 Å². The summed E-state index contributed by atoms with van der Waals surface area (Å²) in [5, 5.41) is 5.62. The van der Waals surface area contributed by atoms with Crippen molar-refractivity contribution in [2.45, 2.75) is 6.42 Å². The normalized spacial score (nSPS) is 11.4. The van der Waals surface area contributed by atoms with Gasteiger partial charge in [0.25, 0.3) is 0 Å². The number of H-pyrrole nitrogens is 1. The summed E-state index contributed by atoms with van der Waals surface area (Å²) in [5.41, 5.74) is 3.70. The van der Waals surface area contributed by atoms with Gasteiger partial charge < -0.3 is 10.3 Å². The van der Waals surface area contributed by atoms with E-state index >= 15 is 0 Å². The van der Waals surface area contributed by atoms with E-state index in [2.05, 4.69) is 33.5 Å². The molecule has 1 aromatic carbocycles. The van der Waals surface area contributed by atoms with Crippen molar-refractivity contribution in [3.05, 3.63) is 42.2 Å². The van der Waals surface area contributed by atoms with Crippen molar-refractivity contribution in [3.63, 3.8) is 0 Å². The zero-order valence-corrected chi connectivity index (χ0v) is 9.83. The number of nitrogens with one attached hydrogen (secondary N) is 2. The lowest BCUT2D eigenvalue weighted by Gasteiger charge is -2.00. The fourth-order valence-electron chi connectivity index (χ4n) is 2.22. The maximum atomic E-state index is 4.18. The molecule has 0 aliphatic heterocycles. The van der Waals surface area contributed by atoms with E-state index in [4.69, 9.17) is 0 Å². The molecule has 3 nitrogen and oxygen atoms in total. The number of fused-ring (bicyclic) bond motifs is 3. The van der Waals surface area contributed by atoms with Crippen LogP contribution in [0.3, 0.4) is 0 Å². The third-order valence-corrected chi connectivity index (χ3v) is 3.13. The number of pyridine rings is 1.